The summed E-state index contributed by atoms with van der Waals surface area (Å²) in [4.78, 5) is 11.4. The van der Waals surface area contributed by atoms with E-state index in [1.807, 2.05) is 6.07 Å². The summed E-state index contributed by atoms with van der Waals surface area (Å²) >= 11 is 0. The van der Waals surface area contributed by atoms with Crippen molar-refractivity contribution in [3.05, 3.63) is 90.3 Å². The van der Waals surface area contributed by atoms with Gasteiger partial charge in [-0.05, 0) is 46.3 Å². The topological polar surface area (TPSA) is 88.5 Å². The molecule has 0 spiro atoms. The van der Waals surface area contributed by atoms with Crippen LogP contribution in [0.5, 0.6) is 5.75 Å². The average molecular weight is 370 g/mol. The highest BCUT2D eigenvalue weighted by atomic mass is 32.2. The van der Waals surface area contributed by atoms with Gasteiger partial charge in [-0.25, -0.2) is 8.42 Å². The third kappa shape index (κ3) is 4.66. The lowest BCUT2D eigenvalue weighted by Crippen LogP contribution is -2.27. The fourth-order valence-electron chi connectivity index (χ4n) is 2.36. The smallest absolute Gasteiger partial charge is 0.271 e. The van der Waals surface area contributed by atoms with Crippen LogP contribution in [0.4, 0.5) is 0 Å². The van der Waals surface area contributed by atoms with Crippen LogP contribution >= 0.6 is 0 Å². The normalized spacial score (nSPS) is 12.5. The number of aliphatic hydroxyl groups is 1. The van der Waals surface area contributed by atoms with E-state index in [4.69, 9.17) is 4.84 Å². The van der Waals surface area contributed by atoms with Gasteiger partial charge in [0.05, 0.1) is 11.0 Å². The van der Waals surface area contributed by atoms with Crippen molar-refractivity contribution in [3.8, 4) is 5.75 Å². The molecule has 0 amide bonds. The second-order valence-corrected chi connectivity index (χ2v) is 7.30. The van der Waals surface area contributed by atoms with Crippen molar-refractivity contribution >= 4 is 10.0 Å². The standard InChI is InChI=1S/C19H18N2O4S/c22-19(16-5-4-12-20-14-16)13-15-8-10-17(11-9-15)25-21-26(23,24)18-6-2-1-3-7-18/h1-12,14,19,21-22H,13H2. The minimum Gasteiger partial charge on any atom is -0.394 e. The molecule has 0 saturated carbocycles. The highest BCUT2D eigenvalue weighted by molar-refractivity contribution is 7.89. The summed E-state index contributed by atoms with van der Waals surface area (Å²) in [5.41, 5.74) is 1.63. The Morgan fingerprint density at radius 3 is 2.38 bits per heavy atom. The molecule has 3 rings (SSSR count). The average Bonchev–Trinajstić information content (AvgIpc) is 2.69. The van der Waals surface area contributed by atoms with Gasteiger partial charge < -0.3 is 9.94 Å². The first-order chi connectivity index (χ1) is 12.5. The van der Waals surface area contributed by atoms with Crippen molar-refractivity contribution in [1.82, 2.24) is 9.87 Å². The van der Waals surface area contributed by atoms with Crippen molar-refractivity contribution in [3.63, 3.8) is 0 Å². The number of hydrogen-bond donors (Lipinski definition) is 2. The molecule has 1 heterocycles. The van der Waals surface area contributed by atoms with Gasteiger partial charge in [0.2, 0.25) is 0 Å². The zero-order chi connectivity index (χ0) is 18.4. The molecule has 0 aliphatic heterocycles. The van der Waals surface area contributed by atoms with Crippen molar-refractivity contribution < 1.29 is 18.4 Å². The van der Waals surface area contributed by atoms with Gasteiger partial charge in [0.15, 0.2) is 0 Å². The molecular formula is C19H18N2O4S. The molecule has 1 atom stereocenters. The molecular weight excluding hydrogens is 352 g/mol. The zero-order valence-electron chi connectivity index (χ0n) is 13.8. The maximum absolute atomic E-state index is 12.1. The lowest BCUT2D eigenvalue weighted by molar-refractivity contribution is 0.178. The molecule has 3 aromatic rings. The summed E-state index contributed by atoms with van der Waals surface area (Å²) in [6.45, 7) is 0. The molecule has 2 N–H and O–H groups in total. The summed E-state index contributed by atoms with van der Waals surface area (Å²) in [7, 11) is -3.74. The molecule has 2 aromatic carbocycles. The number of rotatable bonds is 7. The first-order valence-corrected chi connectivity index (χ1v) is 9.43. The predicted octanol–water partition coefficient (Wildman–Crippen LogP) is 2.63. The Balaban J connectivity index is 1.60. The number of hydrogen-bond acceptors (Lipinski definition) is 5. The number of sulfonamides is 1. The second kappa shape index (κ2) is 8.09. The van der Waals surface area contributed by atoms with Gasteiger partial charge in [-0.15, -0.1) is 0 Å². The van der Waals surface area contributed by atoms with E-state index in [9.17, 15) is 13.5 Å². The third-order valence-corrected chi connectivity index (χ3v) is 4.94. The van der Waals surface area contributed by atoms with Crippen LogP contribution in [0.3, 0.4) is 0 Å². The molecule has 0 bridgehead atoms. The SMILES string of the molecule is O=S(=O)(NOc1ccc(CC(O)c2cccnc2)cc1)c1ccccc1. The molecule has 0 saturated heterocycles. The molecule has 26 heavy (non-hydrogen) atoms. The fraction of sp³-hybridized carbons (Fsp3) is 0.105. The van der Waals surface area contributed by atoms with Crippen LogP contribution in [0, 0.1) is 0 Å². The van der Waals surface area contributed by atoms with Crippen molar-refractivity contribution in [2.75, 3.05) is 0 Å². The Kier molecular flexibility index (Phi) is 5.62. The third-order valence-electron chi connectivity index (χ3n) is 3.74. The Bertz CT molecular complexity index is 930. The van der Waals surface area contributed by atoms with Crippen LogP contribution in [0.25, 0.3) is 0 Å². The van der Waals surface area contributed by atoms with Crippen molar-refractivity contribution in [2.45, 2.75) is 17.4 Å². The summed E-state index contributed by atoms with van der Waals surface area (Å²) < 4.78 is 24.2. The van der Waals surface area contributed by atoms with Crippen LogP contribution in [0.2, 0.25) is 0 Å². The monoisotopic (exact) mass is 370 g/mol. The molecule has 0 radical (unpaired) electrons. The predicted molar refractivity (Wildman–Crippen MR) is 96.7 cm³/mol. The Morgan fingerprint density at radius 2 is 1.73 bits per heavy atom. The molecule has 1 unspecified atom stereocenters. The van der Waals surface area contributed by atoms with Gasteiger partial charge >= 0.3 is 0 Å². The van der Waals surface area contributed by atoms with E-state index in [0.717, 1.165) is 11.1 Å². The van der Waals surface area contributed by atoms with Crippen LogP contribution < -0.4 is 9.72 Å². The van der Waals surface area contributed by atoms with Gasteiger partial charge in [0.25, 0.3) is 10.0 Å². The van der Waals surface area contributed by atoms with Crippen LogP contribution in [-0.2, 0) is 16.4 Å². The Labute approximate surface area is 152 Å². The maximum atomic E-state index is 12.1. The highest BCUT2D eigenvalue weighted by Gasteiger charge is 2.14. The second-order valence-electron chi connectivity index (χ2n) is 5.65. The van der Waals surface area contributed by atoms with Crippen molar-refractivity contribution in [1.29, 1.82) is 0 Å². The number of nitrogens with zero attached hydrogens (tertiary/aromatic N) is 1. The molecule has 0 fully saturated rings. The first kappa shape index (κ1) is 18.1. The first-order valence-electron chi connectivity index (χ1n) is 7.95. The number of benzene rings is 2. The van der Waals surface area contributed by atoms with E-state index in [0.29, 0.717) is 12.2 Å². The zero-order valence-corrected chi connectivity index (χ0v) is 14.6. The van der Waals surface area contributed by atoms with E-state index in [1.165, 1.54) is 12.1 Å². The summed E-state index contributed by atoms with van der Waals surface area (Å²) in [5.74, 6) is 0.351. The summed E-state index contributed by atoms with van der Waals surface area (Å²) in [6.07, 6.45) is 3.04. The Morgan fingerprint density at radius 1 is 1.00 bits per heavy atom. The molecule has 1 aromatic heterocycles. The maximum Gasteiger partial charge on any atom is 0.271 e. The lowest BCUT2D eigenvalue weighted by atomic mass is 10.0. The van der Waals surface area contributed by atoms with E-state index < -0.39 is 16.1 Å². The number of nitrogens with one attached hydrogen (secondary N) is 1. The molecule has 6 nitrogen and oxygen atoms in total. The Hall–Kier alpha value is -2.74. The van der Waals surface area contributed by atoms with Gasteiger partial charge in [-0.1, -0.05) is 36.4 Å². The van der Waals surface area contributed by atoms with Crippen LogP contribution in [-0.4, -0.2) is 18.5 Å². The van der Waals surface area contributed by atoms with E-state index in [1.54, 1.807) is 60.9 Å². The largest absolute Gasteiger partial charge is 0.394 e. The highest BCUT2D eigenvalue weighted by Crippen LogP contribution is 2.19. The van der Waals surface area contributed by atoms with Crippen molar-refractivity contribution in [2.24, 2.45) is 0 Å². The molecule has 0 aliphatic rings. The number of aromatic nitrogens is 1. The van der Waals surface area contributed by atoms with Gasteiger partial charge in [-0.2, -0.15) is 0 Å². The summed E-state index contributed by atoms with van der Waals surface area (Å²) in [6, 6.07) is 18.4. The quantitative estimate of drug-likeness (QED) is 0.624. The van der Waals surface area contributed by atoms with Gasteiger partial charge in [-0.3, -0.25) is 4.98 Å². The molecule has 134 valence electrons. The molecule has 7 heteroatoms. The minimum atomic E-state index is -3.74. The van der Waals surface area contributed by atoms with Gasteiger partial charge in [0, 0.05) is 18.8 Å². The van der Waals surface area contributed by atoms with Crippen LogP contribution in [0.15, 0.2) is 84.0 Å². The van der Waals surface area contributed by atoms with E-state index in [2.05, 4.69) is 9.87 Å². The lowest BCUT2D eigenvalue weighted by Gasteiger charge is -2.11. The fourth-order valence-corrected chi connectivity index (χ4v) is 3.18. The van der Waals surface area contributed by atoms with Gasteiger partial charge in [0.1, 0.15) is 5.75 Å². The number of aliphatic hydroxyl groups excluding tert-OH is 1. The molecule has 0 aliphatic carbocycles. The van der Waals surface area contributed by atoms with E-state index >= 15 is 0 Å². The number of pyridine rings is 1. The minimum absolute atomic E-state index is 0.121. The van der Waals surface area contributed by atoms with Crippen LogP contribution in [0.1, 0.15) is 17.2 Å². The van der Waals surface area contributed by atoms with E-state index in [-0.39, 0.29) is 4.90 Å². The summed E-state index contributed by atoms with van der Waals surface area (Å²) in [5, 5.41) is 10.2.